The predicted octanol–water partition coefficient (Wildman–Crippen LogP) is -0.343. The molecule has 0 atom stereocenters. The molecule has 0 saturated carbocycles. The lowest BCUT2D eigenvalue weighted by Crippen LogP contribution is -2.07. The Balaban J connectivity index is 2.18. The van der Waals surface area contributed by atoms with Crippen molar-refractivity contribution < 1.29 is 9.90 Å². The van der Waals surface area contributed by atoms with Crippen molar-refractivity contribution in [2.45, 2.75) is 0 Å². The number of nitrogens with one attached hydrogen (secondary N) is 1. The van der Waals surface area contributed by atoms with Gasteiger partial charge in [-0.05, 0) is 24.3 Å². The lowest BCUT2D eigenvalue weighted by molar-refractivity contribution is 0.0697. The number of carbonyl (C=O) groups is 1. The molecule has 0 spiro atoms. The monoisotopic (exact) mass is 206 g/mol. The van der Waals surface area contributed by atoms with E-state index >= 15 is 0 Å². The number of hydrogen-bond donors (Lipinski definition) is 2. The number of nitrogens with zero attached hydrogens (tertiary/aromatic N) is 1. The molecule has 0 fully saturated rings. The molecule has 0 radical (unpaired) electrons. The van der Waals surface area contributed by atoms with Crippen LogP contribution in [0.4, 0.5) is 5.69 Å². The minimum atomic E-state index is -1.03. The van der Waals surface area contributed by atoms with Gasteiger partial charge in [-0.1, -0.05) is 0 Å². The Labute approximate surface area is 83.1 Å². The van der Waals surface area contributed by atoms with Crippen LogP contribution < -0.4 is 16.5 Å². The van der Waals surface area contributed by atoms with E-state index in [1.807, 2.05) is 0 Å². The van der Waals surface area contributed by atoms with Crippen LogP contribution >= 0.6 is 0 Å². The first-order valence-electron chi connectivity index (χ1n) is 4.08. The molecular weight excluding hydrogens is 200 g/mol. The van der Waals surface area contributed by atoms with Crippen molar-refractivity contribution in [2.24, 2.45) is 0 Å². The predicted molar refractivity (Wildman–Crippen MR) is 51.8 cm³/mol. The summed E-state index contributed by atoms with van der Waals surface area (Å²) >= 11 is 0. The molecule has 2 aromatic rings. The third-order valence-corrected chi connectivity index (χ3v) is 1.91. The first kappa shape index (κ1) is 9.20. The molecule has 0 bridgehead atoms. The Hall–Kier alpha value is -2.37. The average molecular weight is 206 g/mol. The van der Waals surface area contributed by atoms with Gasteiger partial charge in [0.1, 0.15) is 0 Å². The first-order valence-corrected chi connectivity index (χ1v) is 4.08. The molecule has 6 heteroatoms. The van der Waals surface area contributed by atoms with Gasteiger partial charge in [-0.15, -0.1) is 0 Å². The molecule has 1 heterocycles. The smallest absolute Gasteiger partial charge is 0.340 e. The van der Waals surface area contributed by atoms with Crippen molar-refractivity contribution in [3.63, 3.8) is 0 Å². The second kappa shape index (κ2) is 3.09. The van der Waals surface area contributed by atoms with Crippen LogP contribution in [0, 0.1) is 0 Å². The van der Waals surface area contributed by atoms with Gasteiger partial charge < -0.3 is 5.11 Å². The van der Waals surface area contributed by atoms with Crippen LogP contribution in [0.1, 0.15) is 10.4 Å². The summed E-state index contributed by atoms with van der Waals surface area (Å²) in [6.45, 7) is 0. The van der Waals surface area contributed by atoms with Crippen LogP contribution in [0.25, 0.3) is 0 Å². The SMILES string of the molecule is O=C(O)c1ccc(Nn2c(=O)c2=O)cc1. The van der Waals surface area contributed by atoms with Gasteiger partial charge >= 0.3 is 17.1 Å². The number of aromatic nitrogens is 1. The number of benzene rings is 1. The minimum Gasteiger partial charge on any atom is -0.478 e. The molecule has 76 valence electrons. The number of anilines is 1. The lowest BCUT2D eigenvalue weighted by Gasteiger charge is -2.00. The first-order chi connectivity index (χ1) is 7.09. The van der Waals surface area contributed by atoms with E-state index in [0.29, 0.717) is 5.69 Å². The molecule has 0 amide bonds. The molecular formula is C9H6N2O4. The van der Waals surface area contributed by atoms with E-state index in [2.05, 4.69) is 5.43 Å². The van der Waals surface area contributed by atoms with Gasteiger partial charge in [0, 0.05) is 0 Å². The van der Waals surface area contributed by atoms with Gasteiger partial charge in [-0.25, -0.2) is 4.79 Å². The van der Waals surface area contributed by atoms with Crippen LogP contribution in [0.3, 0.4) is 0 Å². The van der Waals surface area contributed by atoms with Crippen molar-refractivity contribution in [1.29, 1.82) is 0 Å². The van der Waals surface area contributed by atoms with Crippen molar-refractivity contribution in [2.75, 3.05) is 5.43 Å². The summed E-state index contributed by atoms with van der Waals surface area (Å²) in [5.74, 6) is -1.03. The number of hydrogen-bond acceptors (Lipinski definition) is 4. The highest BCUT2D eigenvalue weighted by Crippen LogP contribution is 2.08. The van der Waals surface area contributed by atoms with E-state index in [9.17, 15) is 14.4 Å². The number of rotatable bonds is 3. The molecule has 0 unspecified atom stereocenters. The fraction of sp³-hybridized carbons (Fsp3) is 0. The molecule has 0 aliphatic carbocycles. The Morgan fingerprint density at radius 1 is 1.13 bits per heavy atom. The minimum absolute atomic E-state index is 0.143. The van der Waals surface area contributed by atoms with Crippen LogP contribution in [0.2, 0.25) is 0 Å². The standard InChI is InChI=1S/C9H6N2O4/c12-7-8(13)11(7)10-6-3-1-5(2-4-6)9(14)15/h1-4,10H,(H,14,15). The van der Waals surface area contributed by atoms with Gasteiger partial charge in [0.25, 0.3) is 0 Å². The summed E-state index contributed by atoms with van der Waals surface area (Å²) in [4.78, 5) is 31.7. The number of aromatic carboxylic acids is 1. The molecule has 1 aromatic heterocycles. The third-order valence-electron chi connectivity index (χ3n) is 1.91. The van der Waals surface area contributed by atoms with Crippen molar-refractivity contribution >= 4 is 11.7 Å². The van der Waals surface area contributed by atoms with E-state index in [-0.39, 0.29) is 5.56 Å². The van der Waals surface area contributed by atoms with Crippen molar-refractivity contribution in [3.8, 4) is 0 Å². The fourth-order valence-corrected chi connectivity index (χ4v) is 1.05. The largest absolute Gasteiger partial charge is 0.478 e. The quantitative estimate of drug-likeness (QED) is 0.670. The fourth-order valence-electron chi connectivity index (χ4n) is 1.05. The Kier molecular flexibility index (Phi) is 1.89. The van der Waals surface area contributed by atoms with Gasteiger partial charge in [0.2, 0.25) is 0 Å². The van der Waals surface area contributed by atoms with E-state index in [4.69, 9.17) is 5.11 Å². The van der Waals surface area contributed by atoms with Crippen LogP contribution in [-0.2, 0) is 0 Å². The van der Waals surface area contributed by atoms with E-state index in [0.717, 1.165) is 4.68 Å². The van der Waals surface area contributed by atoms with Gasteiger partial charge in [-0.3, -0.25) is 15.0 Å². The highest BCUT2D eigenvalue weighted by Gasteiger charge is 2.15. The molecule has 0 aliphatic heterocycles. The molecule has 0 aliphatic rings. The Morgan fingerprint density at radius 2 is 1.67 bits per heavy atom. The highest BCUT2D eigenvalue weighted by atomic mass is 16.4. The normalized spacial score (nSPS) is 10.4. The zero-order valence-electron chi connectivity index (χ0n) is 7.43. The maximum atomic E-state index is 10.6. The van der Waals surface area contributed by atoms with E-state index in [1.54, 1.807) is 0 Å². The molecule has 1 aromatic carbocycles. The topological polar surface area (TPSA) is 88.4 Å². The van der Waals surface area contributed by atoms with Crippen LogP contribution in [0.15, 0.2) is 33.9 Å². The molecule has 6 nitrogen and oxygen atoms in total. The molecule has 15 heavy (non-hydrogen) atoms. The van der Waals surface area contributed by atoms with Crippen molar-refractivity contribution in [1.82, 2.24) is 4.68 Å². The third kappa shape index (κ3) is 1.64. The maximum absolute atomic E-state index is 10.6. The van der Waals surface area contributed by atoms with Crippen LogP contribution in [0.5, 0.6) is 0 Å². The summed E-state index contributed by atoms with van der Waals surface area (Å²) in [6.07, 6.45) is 0. The van der Waals surface area contributed by atoms with Crippen LogP contribution in [-0.4, -0.2) is 15.8 Å². The zero-order chi connectivity index (χ0) is 11.0. The molecule has 2 rings (SSSR count). The highest BCUT2D eigenvalue weighted by molar-refractivity contribution is 5.87. The second-order valence-corrected chi connectivity index (χ2v) is 2.94. The van der Waals surface area contributed by atoms with Gasteiger partial charge in [-0.2, -0.15) is 4.68 Å². The van der Waals surface area contributed by atoms with E-state index < -0.39 is 17.1 Å². The molecule has 0 saturated heterocycles. The average Bonchev–Trinajstić information content (AvgIpc) is 2.77. The maximum Gasteiger partial charge on any atom is 0.340 e. The van der Waals surface area contributed by atoms with Gasteiger partial charge in [0.15, 0.2) is 0 Å². The summed E-state index contributed by atoms with van der Waals surface area (Å²) in [5.41, 5.74) is 1.95. The lowest BCUT2D eigenvalue weighted by atomic mass is 10.2. The summed E-state index contributed by atoms with van der Waals surface area (Å²) in [7, 11) is 0. The number of carboxylic acids is 1. The van der Waals surface area contributed by atoms with E-state index in [1.165, 1.54) is 24.3 Å². The Morgan fingerprint density at radius 3 is 2.07 bits per heavy atom. The Bertz CT molecular complexity index is 550. The summed E-state index contributed by atoms with van der Waals surface area (Å²) in [5, 5.41) is 8.61. The summed E-state index contributed by atoms with van der Waals surface area (Å²) in [6, 6.07) is 5.71. The van der Waals surface area contributed by atoms with Gasteiger partial charge in [0.05, 0.1) is 11.3 Å². The number of carboxylic acid groups (broad SMARTS) is 1. The van der Waals surface area contributed by atoms with Crippen molar-refractivity contribution in [3.05, 3.63) is 50.5 Å². The second-order valence-electron chi connectivity index (χ2n) is 2.94. The summed E-state index contributed by atoms with van der Waals surface area (Å²) < 4.78 is 0.843. The molecule has 2 N–H and O–H groups in total. The zero-order valence-corrected chi connectivity index (χ0v) is 7.43.